The average Bonchev–Trinajstić information content (AvgIpc) is 3.56. The zero-order chi connectivity index (χ0) is 27.4. The van der Waals surface area contributed by atoms with Gasteiger partial charge in [0.05, 0.1) is 30.5 Å². The van der Waals surface area contributed by atoms with E-state index in [1.54, 1.807) is 25.5 Å². The number of ether oxygens (including phenoxy) is 2. The number of carbonyl (C=O) groups excluding carboxylic acids is 1. The fourth-order valence-electron chi connectivity index (χ4n) is 3.67. The van der Waals surface area contributed by atoms with Gasteiger partial charge in [-0.1, -0.05) is 48.2 Å². The smallest absolute Gasteiger partial charge is 0.495 e. The van der Waals surface area contributed by atoms with Gasteiger partial charge in [0.2, 0.25) is 5.91 Å². The third-order valence-corrected chi connectivity index (χ3v) is 6.35. The summed E-state index contributed by atoms with van der Waals surface area (Å²) in [7, 11) is 1.54. The lowest BCUT2D eigenvalue weighted by atomic mass is 10.1. The molecule has 1 amide bonds. The molecular weight excluding hydrogens is 533 g/mol. The molecule has 9 nitrogen and oxygen atoms in total. The number of amidine groups is 1. The van der Waals surface area contributed by atoms with Crippen molar-refractivity contribution >= 4 is 34.7 Å². The SMILES string of the molecule is COc1ccccc1N1C(=O)CSC1=NN=Cc1ccc(-c2ncn(-c3ccc(OC(F)(F)F)cc3)n2)cc1. The largest absolute Gasteiger partial charge is 0.573 e. The zero-order valence-electron chi connectivity index (χ0n) is 20.2. The maximum atomic E-state index is 12.5. The van der Waals surface area contributed by atoms with Crippen molar-refractivity contribution in [3.63, 3.8) is 0 Å². The second-order valence-corrected chi connectivity index (χ2v) is 8.94. The number of carbonyl (C=O) groups is 1. The number of thioether (sulfide) groups is 1. The first-order valence-electron chi connectivity index (χ1n) is 11.4. The second-order valence-electron chi connectivity index (χ2n) is 7.99. The van der Waals surface area contributed by atoms with Crippen LogP contribution < -0.4 is 14.4 Å². The Bertz CT molecular complexity index is 1540. The van der Waals surface area contributed by atoms with E-state index in [9.17, 15) is 18.0 Å². The highest BCUT2D eigenvalue weighted by molar-refractivity contribution is 8.15. The molecule has 0 saturated carbocycles. The van der Waals surface area contributed by atoms with Gasteiger partial charge in [0.25, 0.3) is 0 Å². The number of benzene rings is 3. The summed E-state index contributed by atoms with van der Waals surface area (Å²) in [6.07, 6.45) is -1.72. The van der Waals surface area contributed by atoms with Crippen LogP contribution in [0.4, 0.5) is 18.9 Å². The summed E-state index contributed by atoms with van der Waals surface area (Å²) in [4.78, 5) is 18.2. The zero-order valence-corrected chi connectivity index (χ0v) is 21.1. The van der Waals surface area contributed by atoms with Crippen LogP contribution in [0, 0.1) is 0 Å². The Balaban J connectivity index is 1.27. The van der Waals surface area contributed by atoms with Crippen LogP contribution in [0.2, 0.25) is 0 Å². The van der Waals surface area contributed by atoms with Crippen LogP contribution in [-0.2, 0) is 4.79 Å². The topological polar surface area (TPSA) is 94.2 Å². The van der Waals surface area contributed by atoms with Gasteiger partial charge in [0.15, 0.2) is 11.0 Å². The minimum absolute atomic E-state index is 0.111. The van der Waals surface area contributed by atoms with Gasteiger partial charge < -0.3 is 9.47 Å². The van der Waals surface area contributed by atoms with Crippen LogP contribution in [0.1, 0.15) is 5.56 Å². The lowest BCUT2D eigenvalue weighted by Crippen LogP contribution is -2.29. The number of hydrogen-bond donors (Lipinski definition) is 0. The van der Waals surface area contributed by atoms with E-state index in [1.807, 2.05) is 36.4 Å². The molecule has 13 heteroatoms. The fraction of sp³-hybridized carbons (Fsp3) is 0.115. The number of aromatic nitrogens is 3. The summed E-state index contributed by atoms with van der Waals surface area (Å²) in [5, 5.41) is 13.2. The molecule has 2 heterocycles. The van der Waals surface area contributed by atoms with Crippen molar-refractivity contribution < 1.29 is 27.4 Å². The molecule has 198 valence electrons. The Morgan fingerprint density at radius 1 is 1.03 bits per heavy atom. The van der Waals surface area contributed by atoms with Crippen LogP contribution in [0.15, 0.2) is 89.3 Å². The van der Waals surface area contributed by atoms with Crippen molar-refractivity contribution in [1.29, 1.82) is 0 Å². The third-order valence-electron chi connectivity index (χ3n) is 5.44. The van der Waals surface area contributed by atoms with Gasteiger partial charge in [-0.15, -0.1) is 23.4 Å². The molecule has 1 aromatic heterocycles. The third kappa shape index (κ3) is 6.09. The van der Waals surface area contributed by atoms with Crippen LogP contribution in [-0.4, -0.2) is 51.3 Å². The van der Waals surface area contributed by atoms with Gasteiger partial charge in [-0.3, -0.25) is 9.69 Å². The summed E-state index contributed by atoms with van der Waals surface area (Å²) >= 11 is 1.29. The molecule has 0 unspecified atom stereocenters. The quantitative estimate of drug-likeness (QED) is 0.228. The molecule has 0 N–H and O–H groups in total. The Morgan fingerprint density at radius 2 is 1.77 bits per heavy atom. The predicted octanol–water partition coefficient (Wildman–Crippen LogP) is 5.31. The predicted molar refractivity (Wildman–Crippen MR) is 141 cm³/mol. The Morgan fingerprint density at radius 3 is 2.49 bits per heavy atom. The van der Waals surface area contributed by atoms with E-state index >= 15 is 0 Å². The number of rotatable bonds is 7. The summed E-state index contributed by atoms with van der Waals surface area (Å²) in [6, 6.07) is 19.8. The summed E-state index contributed by atoms with van der Waals surface area (Å²) in [5.41, 5.74) is 2.62. The molecule has 0 aliphatic carbocycles. The summed E-state index contributed by atoms with van der Waals surface area (Å²) in [5.74, 6) is 0.818. The summed E-state index contributed by atoms with van der Waals surface area (Å²) in [6.45, 7) is 0. The van der Waals surface area contributed by atoms with E-state index in [2.05, 4.69) is 25.0 Å². The molecule has 0 radical (unpaired) electrons. The minimum Gasteiger partial charge on any atom is -0.495 e. The van der Waals surface area contributed by atoms with E-state index in [0.29, 0.717) is 28.1 Å². The Hall–Kier alpha value is -4.65. The van der Waals surface area contributed by atoms with E-state index < -0.39 is 6.36 Å². The number of para-hydroxylation sites is 2. The van der Waals surface area contributed by atoms with Gasteiger partial charge >= 0.3 is 6.36 Å². The lowest BCUT2D eigenvalue weighted by molar-refractivity contribution is -0.274. The number of nitrogens with zero attached hydrogens (tertiary/aromatic N) is 6. The molecule has 3 aromatic carbocycles. The second kappa shape index (κ2) is 11.0. The molecule has 39 heavy (non-hydrogen) atoms. The standard InChI is InChI=1S/C26H19F3N6O3S/c1-37-22-5-3-2-4-21(22)35-23(36)15-39-25(35)32-31-14-17-6-8-18(9-7-17)24-30-16-34(33-24)19-10-12-20(13-11-19)38-26(27,28)29/h2-14,16H,15H2,1H3. The molecule has 1 saturated heterocycles. The number of halogens is 3. The summed E-state index contributed by atoms with van der Waals surface area (Å²) < 4.78 is 47.8. The highest BCUT2D eigenvalue weighted by Gasteiger charge is 2.32. The normalized spacial score (nSPS) is 14.9. The van der Waals surface area contributed by atoms with Crippen LogP contribution in [0.25, 0.3) is 17.1 Å². The highest BCUT2D eigenvalue weighted by atomic mass is 32.2. The maximum Gasteiger partial charge on any atom is 0.573 e. The number of anilines is 1. The molecular formula is C26H19F3N6O3S. The van der Waals surface area contributed by atoms with Crippen molar-refractivity contribution in [3.05, 3.63) is 84.7 Å². The van der Waals surface area contributed by atoms with E-state index in [-0.39, 0.29) is 17.4 Å². The monoisotopic (exact) mass is 552 g/mol. The van der Waals surface area contributed by atoms with Crippen LogP contribution in [0.5, 0.6) is 11.5 Å². The van der Waals surface area contributed by atoms with Gasteiger partial charge in [-0.25, -0.2) is 9.67 Å². The molecule has 1 fully saturated rings. The average molecular weight is 553 g/mol. The number of amides is 1. The van der Waals surface area contributed by atoms with Gasteiger partial charge in [-0.05, 0) is 42.0 Å². The van der Waals surface area contributed by atoms with E-state index in [4.69, 9.17) is 4.74 Å². The Kier molecular flexibility index (Phi) is 7.32. The van der Waals surface area contributed by atoms with Crippen molar-refractivity contribution in [2.45, 2.75) is 6.36 Å². The van der Waals surface area contributed by atoms with Crippen molar-refractivity contribution in [3.8, 4) is 28.6 Å². The minimum atomic E-state index is -4.75. The van der Waals surface area contributed by atoms with Gasteiger partial charge in [0.1, 0.15) is 17.8 Å². The lowest BCUT2D eigenvalue weighted by Gasteiger charge is -2.17. The van der Waals surface area contributed by atoms with Crippen molar-refractivity contribution in [1.82, 2.24) is 14.8 Å². The molecule has 1 aliphatic rings. The number of methoxy groups -OCH3 is 1. The van der Waals surface area contributed by atoms with Crippen molar-refractivity contribution in [2.75, 3.05) is 17.8 Å². The fourth-order valence-corrected chi connectivity index (χ4v) is 4.49. The highest BCUT2D eigenvalue weighted by Crippen LogP contribution is 2.34. The molecule has 5 rings (SSSR count). The molecule has 0 spiro atoms. The number of hydrogen-bond acceptors (Lipinski definition) is 8. The molecule has 1 aliphatic heterocycles. The molecule has 4 aromatic rings. The first-order chi connectivity index (χ1) is 18.8. The van der Waals surface area contributed by atoms with E-state index in [1.165, 1.54) is 51.9 Å². The molecule has 0 atom stereocenters. The van der Waals surface area contributed by atoms with Crippen LogP contribution >= 0.6 is 11.8 Å². The van der Waals surface area contributed by atoms with E-state index in [0.717, 1.165) is 11.1 Å². The van der Waals surface area contributed by atoms with Gasteiger partial charge in [-0.2, -0.15) is 5.10 Å². The van der Waals surface area contributed by atoms with Gasteiger partial charge in [0, 0.05) is 5.56 Å². The number of alkyl halides is 3. The van der Waals surface area contributed by atoms with Crippen LogP contribution in [0.3, 0.4) is 0 Å². The van der Waals surface area contributed by atoms with Crippen molar-refractivity contribution in [2.24, 2.45) is 10.2 Å². The Labute approximate surface area is 224 Å². The first kappa shape index (κ1) is 26.0. The molecule has 0 bridgehead atoms. The maximum absolute atomic E-state index is 12.5. The first-order valence-corrected chi connectivity index (χ1v) is 12.4.